The van der Waals surface area contributed by atoms with E-state index < -0.39 is 31.4 Å². The van der Waals surface area contributed by atoms with Gasteiger partial charge in [-0.1, -0.05) is 203 Å². The van der Waals surface area contributed by atoms with Crippen molar-refractivity contribution in [3.63, 3.8) is 0 Å². The van der Waals surface area contributed by atoms with Gasteiger partial charge >= 0.3 is 0 Å². The van der Waals surface area contributed by atoms with Crippen molar-refractivity contribution in [1.29, 1.82) is 0 Å². The van der Waals surface area contributed by atoms with Crippen LogP contribution in [0.5, 0.6) is 11.5 Å². The average Bonchev–Trinajstić information content (AvgIpc) is 1.08. The molecule has 0 aliphatic carbocycles. The van der Waals surface area contributed by atoms with Gasteiger partial charge in [0.25, 0.3) is 0 Å². The van der Waals surface area contributed by atoms with Gasteiger partial charge in [0, 0.05) is 62.3 Å². The Kier molecular flexibility index (Phi) is 9.93. The van der Waals surface area contributed by atoms with Crippen molar-refractivity contribution in [2.24, 2.45) is 0 Å². The molecule has 76 heavy (non-hydrogen) atoms. The summed E-state index contributed by atoms with van der Waals surface area (Å²) in [6.07, 6.45) is 1.86. The number of nitrogens with zero attached hydrogens (tertiary/aromatic N) is 4. The van der Waals surface area contributed by atoms with Gasteiger partial charge in [0.2, 0.25) is 0 Å². The second-order valence-corrected chi connectivity index (χ2v) is 23.2. The Bertz CT molecular complexity index is 4510. The van der Waals surface area contributed by atoms with E-state index in [9.17, 15) is 0 Å². The number of rotatable bonds is 5. The van der Waals surface area contributed by atoms with E-state index in [0.29, 0.717) is 39.4 Å². The first kappa shape index (κ1) is 40.9. The third-order valence-electron chi connectivity index (χ3n) is 14.9. The number of pyridine rings is 1. The van der Waals surface area contributed by atoms with Crippen molar-refractivity contribution in [3.05, 3.63) is 211 Å². The molecule has 0 saturated carbocycles. The molecule has 12 rings (SSSR count). The van der Waals surface area contributed by atoms with Crippen LogP contribution in [-0.4, -0.2) is 14.1 Å². The second kappa shape index (κ2) is 18.5. The fourth-order valence-corrected chi connectivity index (χ4v) is 10.8. The van der Waals surface area contributed by atoms with Crippen molar-refractivity contribution < 1.29 is 38.1 Å². The Morgan fingerprint density at radius 2 is 1.08 bits per heavy atom. The van der Waals surface area contributed by atoms with E-state index in [2.05, 4.69) is 165 Å². The molecule has 0 spiro atoms. The average molecular weight is 1180 g/mol. The van der Waals surface area contributed by atoms with Gasteiger partial charge in [0.15, 0.2) is 0 Å². The summed E-state index contributed by atoms with van der Waals surface area (Å²) >= 11 is 0. The topological polar surface area (TPSA) is 35.2 Å². The maximum absolute atomic E-state index is 8.85. The third kappa shape index (κ3) is 8.81. The molecular weight excluding hydrogens is 1110 g/mol. The van der Waals surface area contributed by atoms with Crippen LogP contribution in [0.3, 0.4) is 0 Å². The summed E-state index contributed by atoms with van der Waals surface area (Å²) in [7, 11) is 0. The van der Waals surface area contributed by atoms with Crippen LogP contribution >= 0.6 is 0 Å². The van der Waals surface area contributed by atoms with Crippen LogP contribution in [0.25, 0.3) is 82.1 Å². The molecule has 0 bridgehead atoms. The van der Waals surface area contributed by atoms with Crippen molar-refractivity contribution in [2.45, 2.75) is 105 Å². The smallest absolute Gasteiger partial charge is 0.135 e. The van der Waals surface area contributed by atoms with Gasteiger partial charge in [-0.15, -0.1) is 35.7 Å². The van der Waals surface area contributed by atoms with Gasteiger partial charge < -0.3 is 18.8 Å². The number of anilines is 2. The molecule has 6 heteroatoms. The Morgan fingerprint density at radius 3 is 1.80 bits per heavy atom. The Hall–Kier alpha value is -7.33. The summed E-state index contributed by atoms with van der Waals surface area (Å²) in [5, 5.41) is 7.79. The molecular formula is C70H65N4OPt-3. The fraction of sp³-hybridized carbons (Fsp3) is 0.229. The van der Waals surface area contributed by atoms with Gasteiger partial charge in [-0.25, -0.2) is 4.98 Å². The molecule has 0 amide bonds. The number of benzene rings is 8. The maximum Gasteiger partial charge on any atom is 0.135 e. The Labute approximate surface area is 475 Å². The molecule has 5 nitrogen and oxygen atoms in total. The number of fused-ring (bicyclic) bond motifs is 10. The number of para-hydroxylation sites is 3. The van der Waals surface area contributed by atoms with Crippen LogP contribution in [0, 0.1) is 18.8 Å². The van der Waals surface area contributed by atoms with Crippen LogP contribution in [0.1, 0.15) is 117 Å². The molecule has 1 aliphatic rings. The first-order valence-corrected chi connectivity index (χ1v) is 25.7. The SMILES string of the molecule is [2H]C([2H])([2H])C(c1cc(-c2cccc3c4ccc(C(C)(C)C)cc4c4ccccc4c4cccc5c4n(c23)[CH-]N5c2[c-]c(Oc3[c-]c4c(cc3)c3ccccc3n4-c3cc(C(C)(C)C)ccn3)ccc2)cc(C(C)(C)C)c1)(C([2H])([2H])[2H])C([2H])([2H])[2H].[Pt]. The molecule has 0 atom stereocenters. The molecule has 384 valence electrons. The predicted molar refractivity (Wildman–Crippen MR) is 317 cm³/mol. The molecule has 0 radical (unpaired) electrons. The first-order valence-electron chi connectivity index (χ1n) is 30.2. The van der Waals surface area contributed by atoms with Gasteiger partial charge in [-0.05, 0) is 135 Å². The van der Waals surface area contributed by atoms with E-state index >= 15 is 0 Å². The molecule has 3 aromatic heterocycles. The summed E-state index contributed by atoms with van der Waals surface area (Å²) in [6.45, 7) is 10.6. The van der Waals surface area contributed by atoms with Gasteiger partial charge in [-0.2, -0.15) is 12.1 Å². The standard InChI is InChI=1S/C70H65N4O.Pt/c1-67(2,3)45-30-32-55-58-26-18-25-52(44-36-47(69(7,8)9)38-48(37-44)70(10,11)12)65(58)73-43-72(62-29-19-27-59(66(62)73)53-22-13-14-23-54(53)60(55)39-45)49-20-17-21-50(41-49)75-51-31-33-57-56-24-15-16-28-61(56)74(63(57)42-51)64-40-46(34-35-71-64)68(4,5)6;/h13-40,43H,1-12H3;/q-3;/i7D3,8D3,9D3;. The number of aromatic nitrogens is 3. The summed E-state index contributed by atoms with van der Waals surface area (Å²) in [5.41, 5.74) is 4.27. The summed E-state index contributed by atoms with van der Waals surface area (Å²) < 4.78 is 90.7. The van der Waals surface area contributed by atoms with Crippen molar-refractivity contribution >= 4 is 76.5 Å². The second-order valence-electron chi connectivity index (χ2n) is 23.2. The molecule has 11 aromatic rings. The van der Waals surface area contributed by atoms with Crippen LogP contribution in [0.4, 0.5) is 11.4 Å². The molecule has 8 aromatic carbocycles. The number of hydrogen-bond acceptors (Lipinski definition) is 3. The van der Waals surface area contributed by atoms with E-state index in [4.69, 9.17) is 22.1 Å². The van der Waals surface area contributed by atoms with E-state index in [1.54, 1.807) is 0 Å². The molecule has 0 N–H and O–H groups in total. The van der Waals surface area contributed by atoms with Crippen LogP contribution in [0.15, 0.2) is 170 Å². The summed E-state index contributed by atoms with van der Waals surface area (Å²) in [6, 6.07) is 61.7. The number of hydrogen-bond donors (Lipinski definition) is 0. The van der Waals surface area contributed by atoms with Crippen LogP contribution in [-0.2, 0) is 42.7 Å². The van der Waals surface area contributed by atoms with Gasteiger partial charge in [0.1, 0.15) is 5.82 Å². The van der Waals surface area contributed by atoms with E-state index in [0.717, 1.165) is 82.3 Å². The molecule has 0 unspecified atom stereocenters. The van der Waals surface area contributed by atoms with Crippen molar-refractivity contribution in [3.8, 4) is 28.4 Å². The van der Waals surface area contributed by atoms with Crippen LogP contribution in [0.2, 0.25) is 0 Å². The fourth-order valence-electron chi connectivity index (χ4n) is 10.8. The maximum atomic E-state index is 8.85. The monoisotopic (exact) mass is 1180 g/mol. The molecule has 0 fully saturated rings. The normalized spacial score (nSPS) is 15.2. The largest absolute Gasteiger partial charge is 0.509 e. The Morgan fingerprint density at radius 1 is 0.487 bits per heavy atom. The molecule has 4 heterocycles. The summed E-state index contributed by atoms with van der Waals surface area (Å²) in [4.78, 5) is 6.95. The predicted octanol–water partition coefficient (Wildman–Crippen LogP) is 19.1. The minimum atomic E-state index is -3.48. The summed E-state index contributed by atoms with van der Waals surface area (Å²) in [5.74, 6) is 1.72. The number of ether oxygens (including phenoxy) is 1. The van der Waals surface area contributed by atoms with Crippen molar-refractivity contribution in [1.82, 2.24) is 14.1 Å². The minimum Gasteiger partial charge on any atom is -0.509 e. The zero-order valence-electron chi connectivity index (χ0n) is 53.3. The van der Waals surface area contributed by atoms with Crippen molar-refractivity contribution in [2.75, 3.05) is 4.90 Å². The van der Waals surface area contributed by atoms with E-state index in [1.165, 1.54) is 12.1 Å². The molecule has 0 saturated heterocycles. The van der Waals surface area contributed by atoms with Gasteiger partial charge in [-0.3, -0.25) is 0 Å². The van der Waals surface area contributed by atoms with E-state index in [1.807, 2.05) is 88.2 Å². The van der Waals surface area contributed by atoms with Gasteiger partial charge in [0.05, 0.1) is 0 Å². The zero-order chi connectivity index (χ0) is 59.8. The quantitative estimate of drug-likeness (QED) is 0.161. The molecule has 1 aliphatic heterocycles. The first-order chi connectivity index (χ1) is 39.5. The van der Waals surface area contributed by atoms with Crippen LogP contribution < -0.4 is 9.64 Å². The zero-order valence-corrected chi connectivity index (χ0v) is 46.5. The van der Waals surface area contributed by atoms with E-state index in [-0.39, 0.29) is 37.5 Å². The Balaban J connectivity index is 0.00000752. The third-order valence-corrected chi connectivity index (χ3v) is 14.9. The minimum absolute atomic E-state index is 0.